The van der Waals surface area contributed by atoms with Crippen LogP contribution in [0.5, 0.6) is 5.75 Å². The van der Waals surface area contributed by atoms with Crippen molar-refractivity contribution in [3.05, 3.63) is 53.8 Å². The lowest BCUT2D eigenvalue weighted by atomic mass is 9.94. The molecule has 1 amide bonds. The van der Waals surface area contributed by atoms with Crippen molar-refractivity contribution in [2.75, 3.05) is 39.3 Å². The largest absolute Gasteiger partial charge is 0.493 e. The molecule has 0 aromatic heterocycles. The van der Waals surface area contributed by atoms with E-state index in [1.165, 1.54) is 17.0 Å². The molecule has 0 aliphatic carbocycles. The first kappa shape index (κ1) is 26.6. The lowest BCUT2D eigenvalue weighted by Crippen LogP contribution is -2.44. The molecule has 1 atom stereocenters. The summed E-state index contributed by atoms with van der Waals surface area (Å²) in [7, 11) is 0. The minimum atomic E-state index is -1.08. The van der Waals surface area contributed by atoms with Gasteiger partial charge in [0.15, 0.2) is 0 Å². The third-order valence-electron chi connectivity index (χ3n) is 7.80. The zero-order valence-corrected chi connectivity index (χ0v) is 21.4. The number of hydrogen-bond donors (Lipinski definition) is 1. The Morgan fingerprint density at radius 2 is 1.69 bits per heavy atom. The summed E-state index contributed by atoms with van der Waals surface area (Å²) in [6.45, 7) is 7.49. The van der Waals surface area contributed by atoms with Crippen molar-refractivity contribution in [2.24, 2.45) is 5.92 Å². The highest BCUT2D eigenvalue weighted by Crippen LogP contribution is 2.28. The highest BCUT2D eigenvalue weighted by Gasteiger charge is 2.30. The molecular weight excluding hydrogens is 462 g/mol. The molecule has 0 radical (unpaired) electrons. The average Bonchev–Trinajstić information content (AvgIpc) is 3.34. The molecule has 196 valence electrons. The number of amides is 1. The number of nitrogens with zero attached hydrogens (tertiary/aromatic N) is 2. The summed E-state index contributed by atoms with van der Waals surface area (Å²) in [5.41, 5.74) is 0.473. The molecular formula is C29H38F2N2O3. The summed E-state index contributed by atoms with van der Waals surface area (Å²) in [6, 6.07) is 12.2. The number of ether oxygens (including phenoxy) is 1. The maximum Gasteiger partial charge on any atom is 0.256 e. The van der Waals surface area contributed by atoms with Gasteiger partial charge in [-0.25, -0.2) is 8.78 Å². The fourth-order valence-electron chi connectivity index (χ4n) is 5.11. The normalized spacial score (nSPS) is 19.6. The van der Waals surface area contributed by atoms with Gasteiger partial charge in [-0.2, -0.15) is 0 Å². The van der Waals surface area contributed by atoms with Crippen LogP contribution in [0.4, 0.5) is 8.78 Å². The molecule has 2 fully saturated rings. The molecule has 0 spiro atoms. The van der Waals surface area contributed by atoms with E-state index >= 15 is 0 Å². The molecule has 1 N–H and O–H groups in total. The van der Waals surface area contributed by atoms with Crippen LogP contribution in [-0.2, 0) is 0 Å². The number of likely N-dealkylation sites (tertiary alicyclic amines) is 2. The summed E-state index contributed by atoms with van der Waals surface area (Å²) in [6.07, 6.45) is 3.11. The van der Waals surface area contributed by atoms with Gasteiger partial charge < -0.3 is 19.6 Å². The van der Waals surface area contributed by atoms with E-state index in [0.29, 0.717) is 50.4 Å². The van der Waals surface area contributed by atoms with Gasteiger partial charge >= 0.3 is 0 Å². The van der Waals surface area contributed by atoms with Gasteiger partial charge in [-0.3, -0.25) is 4.79 Å². The SMILES string of the molecule is CCC(F)(CC)CN1CCC(COc2ccc(-c3ccc(C(=O)N4CCC(O)C4)c(F)c3)cc2)CC1. The maximum absolute atomic E-state index is 14.7. The van der Waals surface area contributed by atoms with Gasteiger partial charge in [0.05, 0.1) is 18.3 Å². The average molecular weight is 501 g/mol. The van der Waals surface area contributed by atoms with Gasteiger partial charge in [-0.15, -0.1) is 0 Å². The monoisotopic (exact) mass is 500 g/mol. The lowest BCUT2D eigenvalue weighted by molar-refractivity contribution is 0.0568. The Bertz CT molecular complexity index is 1020. The molecule has 36 heavy (non-hydrogen) atoms. The van der Waals surface area contributed by atoms with Crippen LogP contribution in [0.2, 0.25) is 0 Å². The van der Waals surface area contributed by atoms with Gasteiger partial charge in [0.2, 0.25) is 0 Å². The quantitative estimate of drug-likeness (QED) is 0.507. The smallest absolute Gasteiger partial charge is 0.256 e. The van der Waals surface area contributed by atoms with Gasteiger partial charge in [0, 0.05) is 19.6 Å². The third-order valence-corrected chi connectivity index (χ3v) is 7.80. The number of alkyl halides is 1. The molecule has 7 heteroatoms. The van der Waals surface area contributed by atoms with Crippen LogP contribution in [0.3, 0.4) is 0 Å². The number of aliphatic hydroxyl groups is 1. The molecule has 0 saturated carbocycles. The second-order valence-corrected chi connectivity index (χ2v) is 10.3. The van der Waals surface area contributed by atoms with Crippen molar-refractivity contribution in [3.63, 3.8) is 0 Å². The molecule has 2 aliphatic rings. The van der Waals surface area contributed by atoms with Crippen molar-refractivity contribution >= 4 is 5.91 Å². The van der Waals surface area contributed by atoms with Crippen molar-refractivity contribution in [2.45, 2.75) is 57.7 Å². The Kier molecular flexibility index (Phi) is 8.62. The molecule has 5 nitrogen and oxygen atoms in total. The van der Waals surface area contributed by atoms with Crippen LogP contribution in [0, 0.1) is 11.7 Å². The van der Waals surface area contributed by atoms with E-state index in [9.17, 15) is 18.7 Å². The van der Waals surface area contributed by atoms with Crippen molar-refractivity contribution < 1.29 is 23.4 Å². The molecule has 2 heterocycles. The summed E-state index contributed by atoms with van der Waals surface area (Å²) >= 11 is 0. The van der Waals surface area contributed by atoms with Crippen LogP contribution < -0.4 is 4.74 Å². The summed E-state index contributed by atoms with van der Waals surface area (Å²) in [4.78, 5) is 16.3. The standard InChI is InChI=1S/C29H38F2N2O3/c1-3-29(31,4-2)20-32-14-11-21(12-15-32)19-36-25-8-5-22(6-9-25)23-7-10-26(27(30)17-23)28(35)33-16-13-24(34)18-33/h5-10,17,21,24,34H,3-4,11-16,18-20H2,1-2H3. The Hall–Kier alpha value is -2.51. The Labute approximate surface area is 213 Å². The van der Waals surface area contributed by atoms with E-state index in [4.69, 9.17) is 4.74 Å². The predicted octanol–water partition coefficient (Wildman–Crippen LogP) is 5.32. The number of hydrogen-bond acceptors (Lipinski definition) is 4. The van der Waals surface area contributed by atoms with Crippen molar-refractivity contribution in [1.82, 2.24) is 9.80 Å². The number of rotatable bonds is 9. The maximum atomic E-state index is 14.7. The van der Waals surface area contributed by atoms with E-state index < -0.39 is 17.6 Å². The number of carbonyl (C=O) groups excluding carboxylic acids is 1. The fourth-order valence-corrected chi connectivity index (χ4v) is 5.11. The topological polar surface area (TPSA) is 53.0 Å². The summed E-state index contributed by atoms with van der Waals surface area (Å²) < 4.78 is 35.5. The van der Waals surface area contributed by atoms with E-state index in [2.05, 4.69) is 4.90 Å². The molecule has 2 saturated heterocycles. The van der Waals surface area contributed by atoms with Gasteiger partial charge in [0.1, 0.15) is 17.2 Å². The number of carbonyl (C=O) groups is 1. The molecule has 2 aliphatic heterocycles. The minimum Gasteiger partial charge on any atom is -0.493 e. The molecule has 2 aromatic carbocycles. The van der Waals surface area contributed by atoms with E-state index in [-0.39, 0.29) is 18.0 Å². The highest BCUT2D eigenvalue weighted by atomic mass is 19.1. The number of halogens is 2. The van der Waals surface area contributed by atoms with E-state index in [0.717, 1.165) is 37.2 Å². The summed E-state index contributed by atoms with van der Waals surface area (Å²) in [5, 5.41) is 9.64. The van der Waals surface area contributed by atoms with Crippen molar-refractivity contribution in [3.8, 4) is 16.9 Å². The fraction of sp³-hybridized carbons (Fsp3) is 0.552. The van der Waals surface area contributed by atoms with Gasteiger partial charge in [-0.05, 0) is 86.5 Å². The highest BCUT2D eigenvalue weighted by molar-refractivity contribution is 5.95. The first-order valence-electron chi connectivity index (χ1n) is 13.2. The Morgan fingerprint density at radius 1 is 1.03 bits per heavy atom. The zero-order valence-electron chi connectivity index (χ0n) is 21.4. The van der Waals surface area contributed by atoms with Crippen molar-refractivity contribution in [1.29, 1.82) is 0 Å². The van der Waals surface area contributed by atoms with Crippen LogP contribution in [0.25, 0.3) is 11.1 Å². The molecule has 2 aromatic rings. The zero-order chi connectivity index (χ0) is 25.7. The van der Waals surface area contributed by atoms with Crippen LogP contribution in [0.15, 0.2) is 42.5 Å². The molecule has 1 unspecified atom stereocenters. The summed E-state index contributed by atoms with van der Waals surface area (Å²) in [5.74, 6) is 0.272. The van der Waals surface area contributed by atoms with E-state index in [1.807, 2.05) is 38.1 Å². The predicted molar refractivity (Wildman–Crippen MR) is 137 cm³/mol. The molecule has 0 bridgehead atoms. The van der Waals surface area contributed by atoms with Crippen LogP contribution in [0.1, 0.15) is 56.3 Å². The number of piperidine rings is 1. The molecule has 4 rings (SSSR count). The Balaban J connectivity index is 1.27. The van der Waals surface area contributed by atoms with Crippen LogP contribution >= 0.6 is 0 Å². The van der Waals surface area contributed by atoms with E-state index in [1.54, 1.807) is 6.07 Å². The number of aliphatic hydroxyl groups excluding tert-OH is 1. The number of β-amino-alcohol motifs (C(OH)–C–C–N with tert-alkyl or cyclic N) is 1. The van der Waals surface area contributed by atoms with Gasteiger partial charge in [-0.1, -0.05) is 32.0 Å². The van der Waals surface area contributed by atoms with Gasteiger partial charge in [0.25, 0.3) is 5.91 Å². The third kappa shape index (κ3) is 6.43. The minimum absolute atomic E-state index is 0.0282. The Morgan fingerprint density at radius 3 is 2.28 bits per heavy atom. The number of benzene rings is 2. The lowest BCUT2D eigenvalue weighted by Gasteiger charge is -2.36. The van der Waals surface area contributed by atoms with Crippen LogP contribution in [-0.4, -0.2) is 71.9 Å². The second-order valence-electron chi connectivity index (χ2n) is 10.3. The first-order chi connectivity index (χ1) is 17.3. The first-order valence-corrected chi connectivity index (χ1v) is 13.2. The second kappa shape index (κ2) is 11.7.